The molecule has 2 heterocycles. The molecule has 0 saturated heterocycles. The molecule has 0 unspecified atom stereocenters. The lowest BCUT2D eigenvalue weighted by atomic mass is 9.92. The van der Waals surface area contributed by atoms with Crippen molar-refractivity contribution in [2.24, 2.45) is 0 Å². The molecule has 3 aromatic rings. The minimum absolute atomic E-state index is 0.0798. The number of pyridine rings is 1. The van der Waals surface area contributed by atoms with E-state index in [4.69, 9.17) is 4.74 Å². The number of hydrogen-bond acceptors (Lipinski definition) is 4. The highest BCUT2D eigenvalue weighted by Crippen LogP contribution is 2.37. The number of fused-ring (bicyclic) bond motifs is 4. The van der Waals surface area contributed by atoms with Crippen LogP contribution in [-0.2, 0) is 9.59 Å². The molecular formula is C30H33FN2O5. The summed E-state index contributed by atoms with van der Waals surface area (Å²) in [7, 11) is 0. The molecular weight excluding hydrogens is 487 g/mol. The monoisotopic (exact) mass is 520 g/mol. The van der Waals surface area contributed by atoms with Gasteiger partial charge in [-0.1, -0.05) is 37.5 Å². The third-order valence-electron chi connectivity index (χ3n) is 7.00. The summed E-state index contributed by atoms with van der Waals surface area (Å²) in [5.74, 6) is -1.60. The molecule has 0 aliphatic carbocycles. The van der Waals surface area contributed by atoms with Crippen LogP contribution >= 0.6 is 0 Å². The molecule has 1 amide bonds. The number of amides is 1. The van der Waals surface area contributed by atoms with Crippen LogP contribution in [0.5, 0.6) is 5.75 Å². The number of carboxylic acids is 1. The summed E-state index contributed by atoms with van der Waals surface area (Å²) in [6.07, 6.45) is 4.65. The van der Waals surface area contributed by atoms with Gasteiger partial charge in [0.15, 0.2) is 0 Å². The van der Waals surface area contributed by atoms with Crippen molar-refractivity contribution in [3.05, 3.63) is 87.6 Å². The molecule has 2 aromatic carbocycles. The number of carboxylic acid groups (broad SMARTS) is 1. The number of halogens is 1. The number of carbonyl (C=O) groups is 2. The molecule has 1 aliphatic rings. The van der Waals surface area contributed by atoms with Gasteiger partial charge in [-0.3, -0.25) is 14.4 Å². The van der Waals surface area contributed by atoms with Crippen LogP contribution in [0.1, 0.15) is 67.3 Å². The first-order valence-electron chi connectivity index (χ1n) is 13.0. The second kappa shape index (κ2) is 12.1. The molecule has 4 rings (SSSR count). The maximum atomic E-state index is 15.6. The van der Waals surface area contributed by atoms with E-state index in [1.807, 2.05) is 25.1 Å². The van der Waals surface area contributed by atoms with E-state index in [2.05, 4.69) is 5.32 Å². The van der Waals surface area contributed by atoms with Crippen LogP contribution in [0.4, 0.5) is 4.39 Å². The predicted octanol–water partition coefficient (Wildman–Crippen LogP) is 5.49. The highest BCUT2D eigenvalue weighted by molar-refractivity contribution is 5.82. The number of aryl methyl sites for hydroxylation is 2. The largest absolute Gasteiger partial charge is 0.493 e. The van der Waals surface area contributed by atoms with Crippen molar-refractivity contribution in [1.29, 1.82) is 0 Å². The Hall–Kier alpha value is -3.94. The van der Waals surface area contributed by atoms with Crippen molar-refractivity contribution in [3.63, 3.8) is 0 Å². The summed E-state index contributed by atoms with van der Waals surface area (Å²) in [6.45, 7) is 4.07. The third-order valence-corrected chi connectivity index (χ3v) is 7.00. The highest BCUT2D eigenvalue weighted by Gasteiger charge is 2.28. The van der Waals surface area contributed by atoms with Gasteiger partial charge >= 0.3 is 5.97 Å². The first kappa shape index (κ1) is 27.1. The molecule has 200 valence electrons. The van der Waals surface area contributed by atoms with Gasteiger partial charge < -0.3 is 19.7 Å². The van der Waals surface area contributed by atoms with E-state index in [1.54, 1.807) is 37.4 Å². The van der Waals surface area contributed by atoms with Crippen LogP contribution in [0.15, 0.2) is 59.5 Å². The molecule has 1 aliphatic heterocycles. The lowest BCUT2D eigenvalue weighted by Gasteiger charge is -2.25. The highest BCUT2D eigenvalue weighted by atomic mass is 19.1. The molecule has 7 nitrogen and oxygen atoms in total. The number of carbonyl (C=O) groups excluding carboxylic acids is 1. The molecule has 1 aromatic heterocycles. The van der Waals surface area contributed by atoms with Gasteiger partial charge in [-0.2, -0.15) is 0 Å². The minimum Gasteiger partial charge on any atom is -0.493 e. The Bertz CT molecular complexity index is 1380. The fourth-order valence-corrected chi connectivity index (χ4v) is 5.08. The van der Waals surface area contributed by atoms with Crippen molar-refractivity contribution >= 4 is 11.9 Å². The van der Waals surface area contributed by atoms with E-state index < -0.39 is 36.2 Å². The van der Waals surface area contributed by atoms with Gasteiger partial charge in [0.05, 0.1) is 19.1 Å². The summed E-state index contributed by atoms with van der Waals surface area (Å²) in [4.78, 5) is 38.0. The smallest absolute Gasteiger partial charge is 0.305 e. The fourth-order valence-electron chi connectivity index (χ4n) is 5.08. The number of nitrogens with zero attached hydrogens (tertiary/aromatic N) is 1. The van der Waals surface area contributed by atoms with Crippen LogP contribution in [0, 0.1) is 19.7 Å². The minimum atomic E-state index is -1.18. The van der Waals surface area contributed by atoms with Crippen LogP contribution in [0.3, 0.4) is 0 Å². The number of nitrogens with one attached hydrogen (secondary N) is 1. The van der Waals surface area contributed by atoms with E-state index in [1.165, 1.54) is 10.6 Å². The second-order valence-electron chi connectivity index (χ2n) is 9.82. The summed E-state index contributed by atoms with van der Waals surface area (Å²) >= 11 is 0. The lowest BCUT2D eigenvalue weighted by Crippen LogP contribution is -2.39. The molecule has 0 spiro atoms. The Labute approximate surface area is 221 Å². The number of aromatic nitrogens is 1. The van der Waals surface area contributed by atoms with E-state index in [0.29, 0.717) is 36.3 Å². The number of hydrogen-bond donors (Lipinski definition) is 2. The first-order valence-corrected chi connectivity index (χ1v) is 13.0. The van der Waals surface area contributed by atoms with Crippen molar-refractivity contribution in [2.75, 3.05) is 6.61 Å². The quantitative estimate of drug-likeness (QED) is 0.476. The van der Waals surface area contributed by atoms with Crippen LogP contribution < -0.4 is 15.6 Å². The van der Waals surface area contributed by atoms with Crippen LogP contribution in [-0.4, -0.2) is 28.2 Å². The first-order chi connectivity index (χ1) is 18.3. The van der Waals surface area contributed by atoms with Crippen molar-refractivity contribution in [1.82, 2.24) is 9.88 Å². The summed E-state index contributed by atoms with van der Waals surface area (Å²) < 4.78 is 23.1. The van der Waals surface area contributed by atoms with Gasteiger partial charge in [0.2, 0.25) is 5.91 Å². The van der Waals surface area contributed by atoms with E-state index in [9.17, 15) is 19.5 Å². The normalized spacial score (nSPS) is 18.7. The van der Waals surface area contributed by atoms with Gasteiger partial charge in [0, 0.05) is 23.4 Å². The molecule has 0 fully saturated rings. The van der Waals surface area contributed by atoms with Crippen molar-refractivity contribution in [2.45, 2.75) is 64.5 Å². The number of ether oxygens (including phenoxy) is 1. The molecule has 2 atom stereocenters. The maximum absolute atomic E-state index is 15.6. The zero-order valence-electron chi connectivity index (χ0n) is 21.7. The summed E-state index contributed by atoms with van der Waals surface area (Å²) in [5.41, 5.74) is 2.49. The Balaban J connectivity index is 1.84. The van der Waals surface area contributed by atoms with E-state index >= 15 is 4.39 Å². The predicted molar refractivity (Wildman–Crippen MR) is 143 cm³/mol. The molecule has 38 heavy (non-hydrogen) atoms. The Morgan fingerprint density at radius 3 is 2.61 bits per heavy atom. The van der Waals surface area contributed by atoms with E-state index in [0.717, 1.165) is 30.4 Å². The molecule has 2 bridgehead atoms. The van der Waals surface area contributed by atoms with Gasteiger partial charge in [-0.05, 0) is 67.6 Å². The molecule has 0 saturated carbocycles. The van der Waals surface area contributed by atoms with Crippen molar-refractivity contribution < 1.29 is 23.8 Å². The van der Waals surface area contributed by atoms with Gasteiger partial charge in [0.25, 0.3) is 5.56 Å². The Kier molecular flexibility index (Phi) is 8.61. The van der Waals surface area contributed by atoms with Crippen LogP contribution in [0.25, 0.3) is 11.1 Å². The summed E-state index contributed by atoms with van der Waals surface area (Å²) in [6, 6.07) is 11.7. The van der Waals surface area contributed by atoms with Gasteiger partial charge in [-0.25, -0.2) is 4.39 Å². The maximum Gasteiger partial charge on any atom is 0.305 e. The number of benzene rings is 2. The van der Waals surface area contributed by atoms with Gasteiger partial charge in [-0.15, -0.1) is 0 Å². The van der Waals surface area contributed by atoms with Crippen molar-refractivity contribution in [3.8, 4) is 16.9 Å². The standard InChI is InChI=1S/C30H33FN2O5/c1-19-10-9-12-25-28(19)21-16-20(2)29(31)22(17-21)23(18-27(35)36)32-30(37)24(11-5-3-4-8-15-38-25)33-14-7-6-13-26(33)34/h6-7,9-10,12-14,16-17,23-24H,3-5,8,11,15,18H2,1-2H3,(H,32,37)(H,35,36)/t23-,24-/m0/s1. The zero-order valence-corrected chi connectivity index (χ0v) is 21.7. The van der Waals surface area contributed by atoms with E-state index in [-0.39, 0.29) is 11.1 Å². The summed E-state index contributed by atoms with van der Waals surface area (Å²) in [5, 5.41) is 12.4. The average Bonchev–Trinajstić information content (AvgIpc) is 2.87. The molecule has 8 heteroatoms. The molecule has 0 radical (unpaired) electrons. The zero-order chi connectivity index (χ0) is 27.2. The fraction of sp³-hybridized carbons (Fsp3) is 0.367. The average molecular weight is 521 g/mol. The third kappa shape index (κ3) is 6.13. The molecule has 2 N–H and O–H groups in total. The Morgan fingerprint density at radius 1 is 1.05 bits per heavy atom. The topological polar surface area (TPSA) is 97.6 Å². The second-order valence-corrected chi connectivity index (χ2v) is 9.82. The Morgan fingerprint density at radius 2 is 1.84 bits per heavy atom. The van der Waals surface area contributed by atoms with Crippen LogP contribution in [0.2, 0.25) is 0 Å². The number of rotatable bonds is 3. The number of aliphatic carboxylic acids is 1. The van der Waals surface area contributed by atoms with Gasteiger partial charge in [0.1, 0.15) is 17.6 Å². The SMILES string of the molecule is Cc1cc2cc(c1F)[C@H](CC(=O)O)NC(=O)[C@@H](n1ccccc1=O)CCCCCCOc1cccc(C)c1-2. The lowest BCUT2D eigenvalue weighted by molar-refractivity contribution is -0.138.